The number of anilines is 2. The number of nitrogens with two attached hydrogens (primary N) is 1. The van der Waals surface area contributed by atoms with Gasteiger partial charge in [0.05, 0.1) is 12.6 Å². The van der Waals surface area contributed by atoms with Gasteiger partial charge in [0, 0.05) is 7.05 Å². The Hall–Kier alpha value is -2.54. The summed E-state index contributed by atoms with van der Waals surface area (Å²) in [7, 11) is 1.45. The van der Waals surface area contributed by atoms with Crippen LogP contribution in [-0.4, -0.2) is 21.3 Å². The summed E-state index contributed by atoms with van der Waals surface area (Å²) in [6.45, 7) is -0.217. The molecule has 106 valence electrons. The van der Waals surface area contributed by atoms with Crippen molar-refractivity contribution < 1.29 is 5.11 Å². The zero-order valence-electron chi connectivity index (χ0n) is 11.0. The zero-order chi connectivity index (χ0) is 14.7. The molecule has 0 saturated heterocycles. The molecule has 1 aromatic heterocycles. The summed E-state index contributed by atoms with van der Waals surface area (Å²) in [4.78, 5) is 25.3. The van der Waals surface area contributed by atoms with Crippen molar-refractivity contribution in [2.75, 3.05) is 17.7 Å². The number of aliphatic hydroxyl groups excluding tert-OH is 1. The second-order valence-electron chi connectivity index (χ2n) is 4.37. The third kappa shape index (κ3) is 2.57. The summed E-state index contributed by atoms with van der Waals surface area (Å²) < 4.78 is 1.13. The van der Waals surface area contributed by atoms with Crippen LogP contribution < -0.4 is 22.3 Å². The third-order valence-electron chi connectivity index (χ3n) is 3.07. The predicted octanol–water partition coefficient (Wildman–Crippen LogP) is -0.199. The molecule has 0 aliphatic rings. The molecular weight excluding hydrogens is 260 g/mol. The first-order valence-corrected chi connectivity index (χ1v) is 6.05. The zero-order valence-corrected chi connectivity index (χ0v) is 11.0. The van der Waals surface area contributed by atoms with E-state index in [1.165, 1.54) is 7.05 Å². The first-order chi connectivity index (χ1) is 9.54. The Labute approximate surface area is 114 Å². The summed E-state index contributed by atoms with van der Waals surface area (Å²) in [5.41, 5.74) is 5.44. The molecule has 1 aromatic carbocycles. The molecule has 2 rings (SSSR count). The van der Waals surface area contributed by atoms with Crippen LogP contribution in [0, 0.1) is 0 Å². The number of H-pyrrole nitrogens is 1. The molecule has 0 aliphatic carbocycles. The van der Waals surface area contributed by atoms with Gasteiger partial charge in [0.2, 0.25) is 0 Å². The Bertz CT molecular complexity index is 706. The molecule has 1 heterocycles. The van der Waals surface area contributed by atoms with E-state index in [1.54, 1.807) is 0 Å². The van der Waals surface area contributed by atoms with Crippen molar-refractivity contribution in [1.82, 2.24) is 9.55 Å². The number of nitrogens with one attached hydrogen (secondary N) is 2. The highest BCUT2D eigenvalue weighted by Crippen LogP contribution is 2.19. The van der Waals surface area contributed by atoms with Crippen LogP contribution in [0.2, 0.25) is 0 Å². The number of aromatic nitrogens is 2. The molecular formula is C13H16N4O3. The van der Waals surface area contributed by atoms with Crippen LogP contribution in [0.5, 0.6) is 0 Å². The van der Waals surface area contributed by atoms with Crippen LogP contribution in [0.15, 0.2) is 39.9 Å². The van der Waals surface area contributed by atoms with Gasteiger partial charge in [-0.1, -0.05) is 30.3 Å². The van der Waals surface area contributed by atoms with Gasteiger partial charge in [-0.15, -0.1) is 0 Å². The van der Waals surface area contributed by atoms with Crippen molar-refractivity contribution >= 4 is 11.5 Å². The molecule has 2 aromatic rings. The lowest BCUT2D eigenvalue weighted by atomic mass is 10.1. The van der Waals surface area contributed by atoms with Crippen LogP contribution in [0.1, 0.15) is 11.6 Å². The van der Waals surface area contributed by atoms with Gasteiger partial charge >= 0.3 is 5.69 Å². The SMILES string of the molecule is Cn1c(N)c(NC(CO)c2ccccc2)c(=O)[nH]c1=O. The first kappa shape index (κ1) is 13.9. The smallest absolute Gasteiger partial charge is 0.329 e. The molecule has 0 bridgehead atoms. The summed E-state index contributed by atoms with van der Waals surface area (Å²) in [6.07, 6.45) is 0. The number of hydrogen-bond donors (Lipinski definition) is 4. The number of nitrogens with zero attached hydrogens (tertiary/aromatic N) is 1. The van der Waals surface area contributed by atoms with E-state index in [9.17, 15) is 14.7 Å². The van der Waals surface area contributed by atoms with Crippen LogP contribution in [-0.2, 0) is 7.05 Å². The fourth-order valence-electron chi connectivity index (χ4n) is 1.87. The average molecular weight is 276 g/mol. The standard InChI is InChI=1S/C13H16N4O3/c1-17-11(14)10(12(19)16-13(17)20)15-9(7-18)8-5-3-2-4-6-8/h2-6,9,15,18H,7,14H2,1H3,(H,16,19,20). The molecule has 20 heavy (non-hydrogen) atoms. The fourth-order valence-corrected chi connectivity index (χ4v) is 1.87. The highest BCUT2D eigenvalue weighted by molar-refractivity contribution is 5.61. The first-order valence-electron chi connectivity index (χ1n) is 6.05. The van der Waals surface area contributed by atoms with Crippen LogP contribution in [0.25, 0.3) is 0 Å². The Balaban J connectivity index is 2.41. The predicted molar refractivity (Wildman–Crippen MR) is 76.6 cm³/mol. The van der Waals surface area contributed by atoms with Gasteiger partial charge in [-0.25, -0.2) is 4.79 Å². The van der Waals surface area contributed by atoms with Crippen molar-refractivity contribution in [3.8, 4) is 0 Å². The van der Waals surface area contributed by atoms with E-state index in [0.717, 1.165) is 10.1 Å². The maximum atomic E-state index is 11.8. The molecule has 0 fully saturated rings. The molecule has 1 unspecified atom stereocenters. The molecule has 0 amide bonds. The van der Waals surface area contributed by atoms with E-state index in [0.29, 0.717) is 0 Å². The second kappa shape index (κ2) is 5.62. The quantitative estimate of drug-likeness (QED) is 0.617. The van der Waals surface area contributed by atoms with Gasteiger partial charge in [0.25, 0.3) is 5.56 Å². The minimum Gasteiger partial charge on any atom is -0.394 e. The van der Waals surface area contributed by atoms with Crippen molar-refractivity contribution in [3.63, 3.8) is 0 Å². The highest BCUT2D eigenvalue weighted by Gasteiger charge is 2.16. The summed E-state index contributed by atoms with van der Waals surface area (Å²) in [6, 6.07) is 8.66. The van der Waals surface area contributed by atoms with Gasteiger partial charge in [0.15, 0.2) is 0 Å². The molecule has 5 N–H and O–H groups in total. The van der Waals surface area contributed by atoms with Gasteiger partial charge in [-0.05, 0) is 5.56 Å². The summed E-state index contributed by atoms with van der Waals surface area (Å²) in [5.74, 6) is 0.0214. The maximum Gasteiger partial charge on any atom is 0.329 e. The van der Waals surface area contributed by atoms with Gasteiger partial charge < -0.3 is 16.2 Å². The molecule has 7 nitrogen and oxygen atoms in total. The maximum absolute atomic E-state index is 11.8. The normalized spacial score (nSPS) is 12.1. The molecule has 1 atom stereocenters. The van der Waals surface area contributed by atoms with E-state index in [-0.39, 0.29) is 18.1 Å². The number of aromatic amines is 1. The highest BCUT2D eigenvalue weighted by atomic mass is 16.3. The van der Waals surface area contributed by atoms with E-state index in [2.05, 4.69) is 10.3 Å². The summed E-state index contributed by atoms with van der Waals surface area (Å²) >= 11 is 0. The number of benzene rings is 1. The third-order valence-corrected chi connectivity index (χ3v) is 3.07. The number of hydrogen-bond acceptors (Lipinski definition) is 5. The van der Waals surface area contributed by atoms with Crippen LogP contribution in [0.3, 0.4) is 0 Å². The van der Waals surface area contributed by atoms with Crippen LogP contribution in [0.4, 0.5) is 11.5 Å². The Kier molecular flexibility index (Phi) is 3.90. The number of rotatable bonds is 4. The van der Waals surface area contributed by atoms with Gasteiger partial charge in [-0.3, -0.25) is 14.3 Å². The largest absolute Gasteiger partial charge is 0.394 e. The Morgan fingerprint density at radius 3 is 2.60 bits per heavy atom. The van der Waals surface area contributed by atoms with Crippen molar-refractivity contribution in [1.29, 1.82) is 0 Å². The molecule has 0 aliphatic heterocycles. The van der Waals surface area contributed by atoms with E-state index in [1.807, 2.05) is 30.3 Å². The monoisotopic (exact) mass is 276 g/mol. The lowest BCUT2D eigenvalue weighted by Gasteiger charge is -2.19. The van der Waals surface area contributed by atoms with Crippen molar-refractivity contribution in [2.24, 2.45) is 7.05 Å². The number of nitrogen functional groups attached to an aromatic ring is 1. The van der Waals surface area contributed by atoms with Gasteiger partial charge in [-0.2, -0.15) is 0 Å². The minimum atomic E-state index is -0.611. The second-order valence-corrected chi connectivity index (χ2v) is 4.37. The summed E-state index contributed by atoms with van der Waals surface area (Å²) in [5, 5.41) is 12.3. The Morgan fingerprint density at radius 1 is 1.35 bits per heavy atom. The van der Waals surface area contributed by atoms with E-state index < -0.39 is 17.3 Å². The van der Waals surface area contributed by atoms with E-state index in [4.69, 9.17) is 5.73 Å². The number of aliphatic hydroxyl groups is 1. The van der Waals surface area contributed by atoms with Crippen LogP contribution >= 0.6 is 0 Å². The van der Waals surface area contributed by atoms with E-state index >= 15 is 0 Å². The molecule has 7 heteroatoms. The lowest BCUT2D eigenvalue weighted by molar-refractivity contribution is 0.276. The topological polar surface area (TPSA) is 113 Å². The molecule has 0 radical (unpaired) electrons. The lowest BCUT2D eigenvalue weighted by Crippen LogP contribution is -2.33. The molecule has 0 spiro atoms. The fraction of sp³-hybridized carbons (Fsp3) is 0.231. The average Bonchev–Trinajstić information content (AvgIpc) is 2.46. The molecule has 0 saturated carbocycles. The van der Waals surface area contributed by atoms with Crippen molar-refractivity contribution in [3.05, 3.63) is 56.7 Å². The van der Waals surface area contributed by atoms with Crippen molar-refractivity contribution in [2.45, 2.75) is 6.04 Å². The van der Waals surface area contributed by atoms with Gasteiger partial charge in [0.1, 0.15) is 11.5 Å². The minimum absolute atomic E-state index is 0.0214. The Morgan fingerprint density at radius 2 is 2.00 bits per heavy atom.